The molecule has 0 fully saturated rings. The van der Waals surface area contributed by atoms with Gasteiger partial charge in [0.15, 0.2) is 5.75 Å². The number of primary amides is 1. The van der Waals surface area contributed by atoms with E-state index in [1.165, 1.54) is 0 Å². The van der Waals surface area contributed by atoms with Gasteiger partial charge in [-0.25, -0.2) is 4.79 Å². The van der Waals surface area contributed by atoms with E-state index < -0.39 is 70.1 Å². The number of nitrogens with two attached hydrogens (primary N) is 1. The summed E-state index contributed by atoms with van der Waals surface area (Å²) in [5, 5.41) is 42.0. The Morgan fingerprint density at radius 2 is 1.15 bits per heavy atom. The number of rotatable bonds is 7. The van der Waals surface area contributed by atoms with Crippen LogP contribution in [0.3, 0.4) is 0 Å². The van der Waals surface area contributed by atoms with Crippen LogP contribution >= 0.6 is 0 Å². The summed E-state index contributed by atoms with van der Waals surface area (Å²) in [6.07, 6.45) is -8.35. The number of para-hydroxylation sites is 2. The number of carbonyl (C=O) groups is 5. The second kappa shape index (κ2) is 9.42. The van der Waals surface area contributed by atoms with Gasteiger partial charge in [0.2, 0.25) is 5.91 Å². The van der Waals surface area contributed by atoms with Crippen LogP contribution in [0.1, 0.15) is 18.1 Å². The summed E-state index contributed by atoms with van der Waals surface area (Å²) in [5.74, 6) is -4.42. The highest BCUT2D eigenvalue weighted by atomic mass is 16.7. The summed E-state index contributed by atoms with van der Waals surface area (Å²) < 4.78 is 17.9. The summed E-state index contributed by atoms with van der Waals surface area (Å²) >= 11 is 0. The smallest absolute Gasteiger partial charge is 0.511 e. The number of benzene rings is 2. The van der Waals surface area contributed by atoms with E-state index in [2.05, 4.69) is 18.9 Å². The van der Waals surface area contributed by atoms with Crippen molar-refractivity contribution in [2.45, 2.75) is 12.3 Å². The fraction of sp³-hybridized carbons (Fsp3) is 0.105. The lowest BCUT2D eigenvalue weighted by atomic mass is 9.74. The van der Waals surface area contributed by atoms with Gasteiger partial charge in [-0.1, -0.05) is 24.3 Å². The summed E-state index contributed by atoms with van der Waals surface area (Å²) in [4.78, 5) is 56.7. The molecule has 1 unspecified atom stereocenters. The van der Waals surface area contributed by atoms with E-state index >= 15 is 0 Å². The van der Waals surface area contributed by atoms with Crippen LogP contribution in [0, 0.1) is 0 Å². The lowest BCUT2D eigenvalue weighted by Crippen LogP contribution is -2.41. The number of hydrogen-bond acceptors (Lipinski definition) is 12. The molecule has 174 valence electrons. The van der Waals surface area contributed by atoms with Crippen LogP contribution in [0.2, 0.25) is 0 Å². The van der Waals surface area contributed by atoms with Crippen molar-refractivity contribution in [2.75, 3.05) is 0 Å². The number of hydrogen-bond donors (Lipinski definition) is 2. The molecule has 2 rings (SSSR count). The van der Waals surface area contributed by atoms with Gasteiger partial charge < -0.3 is 59.5 Å². The van der Waals surface area contributed by atoms with E-state index in [1.54, 1.807) is 0 Å². The molecule has 14 nitrogen and oxygen atoms in total. The summed E-state index contributed by atoms with van der Waals surface area (Å²) in [6, 6.07) is 6.32. The Labute approximate surface area is 183 Å². The minimum atomic E-state index is -2.27. The van der Waals surface area contributed by atoms with Crippen LogP contribution in [0.25, 0.3) is 0 Å². The van der Waals surface area contributed by atoms with Crippen LogP contribution in [0.4, 0.5) is 19.2 Å². The zero-order chi connectivity index (χ0) is 24.9. The lowest BCUT2D eigenvalue weighted by Gasteiger charge is -2.34. The molecule has 0 radical (unpaired) electrons. The van der Waals surface area contributed by atoms with Gasteiger partial charge in [0, 0.05) is 0 Å². The number of carboxylic acid groups (broad SMARTS) is 4. The van der Waals surface area contributed by atoms with E-state index in [0.29, 0.717) is 0 Å². The number of carbonyl (C=O) groups excluding carboxylic acids is 4. The molecule has 0 aliphatic rings. The van der Waals surface area contributed by atoms with Crippen molar-refractivity contribution >= 4 is 30.5 Å². The van der Waals surface area contributed by atoms with Gasteiger partial charge in [0.1, 0.15) is 0 Å². The maximum absolute atomic E-state index is 12.6. The Balaban J connectivity index is 2.93. The molecule has 1 amide bonds. The van der Waals surface area contributed by atoms with Gasteiger partial charge in [-0.2, -0.15) is 0 Å². The first kappa shape index (κ1) is 24.3. The van der Waals surface area contributed by atoms with Gasteiger partial charge in [0.05, 0.1) is 22.7 Å². The molecule has 2 aromatic rings. The first-order valence-corrected chi connectivity index (χ1v) is 8.52. The van der Waals surface area contributed by atoms with Gasteiger partial charge in [-0.15, -0.1) is 0 Å². The standard InChI is InChI=1S/C19H15NO13/c1-19(14(20)21,8-4-2-6-10(30-15(22)23)12(8)32-17(26)27)9-5-3-7-11(31-16(24)25)13(9)33-18(28)29/h2-7H,1H3,(H2,20,21)(H,22,23)(H,24,25)(H,26,27)(H,28,29)/p-3. The van der Waals surface area contributed by atoms with E-state index in [-0.39, 0.29) is 0 Å². The quantitative estimate of drug-likeness (QED) is 0.360. The second-order valence-electron chi connectivity index (χ2n) is 6.18. The third kappa shape index (κ3) is 5.19. The monoisotopic (exact) mass is 462 g/mol. The maximum Gasteiger partial charge on any atom is 0.511 e. The molecule has 2 aromatic carbocycles. The molecule has 0 aliphatic heterocycles. The van der Waals surface area contributed by atoms with E-state index in [0.717, 1.165) is 43.3 Å². The third-order valence-electron chi connectivity index (χ3n) is 4.29. The third-order valence-corrected chi connectivity index (χ3v) is 4.29. The predicted molar refractivity (Wildman–Crippen MR) is 95.3 cm³/mol. The first-order valence-electron chi connectivity index (χ1n) is 8.52. The van der Waals surface area contributed by atoms with Crippen molar-refractivity contribution in [3.8, 4) is 23.0 Å². The molecule has 0 aromatic heterocycles. The van der Waals surface area contributed by atoms with Crippen molar-refractivity contribution in [3.05, 3.63) is 47.5 Å². The van der Waals surface area contributed by atoms with Crippen LogP contribution < -0.4 is 40.0 Å². The molecule has 14 heteroatoms. The first-order chi connectivity index (χ1) is 15.4. The minimum absolute atomic E-state index is 0.452. The largest absolute Gasteiger partial charge is 0.512 e. The molecule has 0 saturated carbocycles. The molecule has 3 N–H and O–H groups in total. The van der Waals surface area contributed by atoms with E-state index in [4.69, 9.17) is 10.8 Å². The maximum atomic E-state index is 12.6. The predicted octanol–water partition coefficient (Wildman–Crippen LogP) is -1.30. The van der Waals surface area contributed by atoms with E-state index in [9.17, 15) is 39.3 Å². The topological polar surface area (TPSA) is 238 Å². The number of amides is 1. The highest BCUT2D eigenvalue weighted by Gasteiger charge is 2.40. The molecule has 0 aliphatic carbocycles. The average molecular weight is 462 g/mol. The lowest BCUT2D eigenvalue weighted by molar-refractivity contribution is -0.275. The second-order valence-corrected chi connectivity index (χ2v) is 6.18. The normalized spacial score (nSPS) is 12.0. The Morgan fingerprint density at radius 1 is 0.758 bits per heavy atom. The Morgan fingerprint density at radius 3 is 1.48 bits per heavy atom. The fourth-order valence-corrected chi connectivity index (χ4v) is 2.95. The van der Waals surface area contributed by atoms with Crippen LogP contribution in [-0.4, -0.2) is 35.6 Å². The minimum Gasteiger partial charge on any atom is -0.512 e. The SMILES string of the molecule is CC(C(N)=O)(c1cccc(OC(=O)[O-])c1OC(=O)[O-])c1cccc(OC(=O)O)c1OC(=O)[O-]. The summed E-state index contributed by atoms with van der Waals surface area (Å²) in [7, 11) is 0. The summed E-state index contributed by atoms with van der Waals surface area (Å²) in [6.45, 7) is 1.05. The highest BCUT2D eigenvalue weighted by molar-refractivity contribution is 5.93. The fourth-order valence-electron chi connectivity index (χ4n) is 2.95. The number of ether oxygens (including phenoxy) is 4. The van der Waals surface area contributed by atoms with Crippen LogP contribution in [0.5, 0.6) is 23.0 Å². The van der Waals surface area contributed by atoms with Crippen molar-refractivity contribution in [2.24, 2.45) is 5.73 Å². The van der Waals surface area contributed by atoms with Crippen molar-refractivity contribution in [1.29, 1.82) is 0 Å². The van der Waals surface area contributed by atoms with Gasteiger partial charge in [-0.3, -0.25) is 4.79 Å². The zero-order valence-electron chi connectivity index (χ0n) is 16.4. The molecule has 33 heavy (non-hydrogen) atoms. The molecule has 0 bridgehead atoms. The molecular formula is C19H12NO13-3. The van der Waals surface area contributed by atoms with Crippen LogP contribution in [0.15, 0.2) is 36.4 Å². The Hall–Kier alpha value is -5.01. The Bertz CT molecular complexity index is 1060. The molecule has 1 atom stereocenters. The molecule has 0 saturated heterocycles. The van der Waals surface area contributed by atoms with Crippen molar-refractivity contribution in [1.82, 2.24) is 0 Å². The zero-order valence-corrected chi connectivity index (χ0v) is 16.4. The van der Waals surface area contributed by atoms with Gasteiger partial charge in [0.25, 0.3) is 18.5 Å². The molecule has 0 spiro atoms. The molecular weight excluding hydrogens is 450 g/mol. The van der Waals surface area contributed by atoms with E-state index in [1.807, 2.05) is 0 Å². The van der Waals surface area contributed by atoms with Crippen molar-refractivity contribution < 1.29 is 63.3 Å². The Kier molecular flexibility index (Phi) is 6.93. The van der Waals surface area contributed by atoms with Gasteiger partial charge >= 0.3 is 6.16 Å². The van der Waals surface area contributed by atoms with Crippen molar-refractivity contribution in [3.63, 3.8) is 0 Å². The highest BCUT2D eigenvalue weighted by Crippen LogP contribution is 2.47. The van der Waals surface area contributed by atoms with Crippen LogP contribution in [-0.2, 0) is 10.2 Å². The van der Waals surface area contributed by atoms with Gasteiger partial charge in [-0.05, 0) is 30.2 Å². The average Bonchev–Trinajstić information content (AvgIpc) is 2.68. The molecule has 0 heterocycles. The summed E-state index contributed by atoms with van der Waals surface area (Å²) in [5.41, 5.74) is 2.35.